The Balaban J connectivity index is 1.35. The molecule has 0 unspecified atom stereocenters. The fourth-order valence-electron chi connectivity index (χ4n) is 4.49. The van der Waals surface area contributed by atoms with Crippen LogP contribution in [0.1, 0.15) is 56.0 Å². The van der Waals surface area contributed by atoms with E-state index in [9.17, 15) is 26.4 Å². The molecule has 2 aromatic carbocycles. The lowest BCUT2D eigenvalue weighted by Gasteiger charge is -2.19. The van der Waals surface area contributed by atoms with Gasteiger partial charge in [0.25, 0.3) is 10.0 Å². The monoisotopic (exact) mass is 609 g/mol. The van der Waals surface area contributed by atoms with Crippen molar-refractivity contribution < 1.29 is 31.1 Å². The molecule has 2 aliphatic rings. The number of amides is 1. The molecule has 14 heteroatoms. The lowest BCUT2D eigenvalue weighted by Crippen LogP contribution is -2.36. The predicted molar refractivity (Wildman–Crippen MR) is 144 cm³/mol. The highest BCUT2D eigenvalue weighted by Gasteiger charge is 2.49. The highest BCUT2D eigenvalue weighted by Crippen LogP contribution is 2.49. The Morgan fingerprint density at radius 1 is 1.00 bits per heavy atom. The van der Waals surface area contributed by atoms with E-state index >= 15 is 0 Å². The van der Waals surface area contributed by atoms with Gasteiger partial charge >= 0.3 is 12.2 Å². The van der Waals surface area contributed by atoms with Gasteiger partial charge in [0, 0.05) is 11.4 Å². The molecule has 2 fully saturated rings. The quantitative estimate of drug-likeness (QED) is 0.306. The van der Waals surface area contributed by atoms with Crippen molar-refractivity contribution >= 4 is 33.5 Å². The molecular formula is C27H27ClF3N5O4S. The maximum absolute atomic E-state index is 12.8. The van der Waals surface area contributed by atoms with Crippen LogP contribution in [0.2, 0.25) is 5.02 Å². The number of nitrogens with one attached hydrogen (secondary N) is 2. The largest absolute Gasteiger partial charge is 0.454 e. The van der Waals surface area contributed by atoms with Gasteiger partial charge in [-0.2, -0.15) is 28.1 Å². The van der Waals surface area contributed by atoms with Crippen LogP contribution in [0.4, 0.5) is 19.1 Å². The Labute approximate surface area is 240 Å². The smallest absolute Gasteiger partial charge is 0.422 e. The third kappa shape index (κ3) is 6.89. The highest BCUT2D eigenvalue weighted by molar-refractivity contribution is 7.90. The van der Waals surface area contributed by atoms with Crippen LogP contribution < -0.4 is 14.8 Å². The van der Waals surface area contributed by atoms with E-state index in [-0.39, 0.29) is 23.1 Å². The number of rotatable bonds is 11. The summed E-state index contributed by atoms with van der Waals surface area (Å²) in [6.45, 7) is 0.271. The van der Waals surface area contributed by atoms with Crippen molar-refractivity contribution in [3.63, 3.8) is 0 Å². The molecule has 5 rings (SSSR count). The number of benzene rings is 2. The molecule has 1 amide bonds. The molecule has 2 saturated carbocycles. The van der Waals surface area contributed by atoms with E-state index in [1.807, 2.05) is 19.1 Å². The minimum atomic E-state index is -4.59. The second kappa shape index (κ2) is 10.8. The van der Waals surface area contributed by atoms with E-state index in [1.54, 1.807) is 12.1 Å². The first-order valence-corrected chi connectivity index (χ1v) is 14.8. The summed E-state index contributed by atoms with van der Waals surface area (Å²) in [5, 5.41) is 3.78. The van der Waals surface area contributed by atoms with Crippen molar-refractivity contribution in [2.75, 3.05) is 11.9 Å². The molecule has 0 atom stereocenters. The summed E-state index contributed by atoms with van der Waals surface area (Å²) in [6, 6.07) is 12.5. The summed E-state index contributed by atoms with van der Waals surface area (Å²) >= 11 is 6.00. The maximum atomic E-state index is 12.8. The van der Waals surface area contributed by atoms with E-state index in [4.69, 9.17) is 16.3 Å². The first-order chi connectivity index (χ1) is 19.3. The Bertz CT molecular complexity index is 1540. The van der Waals surface area contributed by atoms with Crippen molar-refractivity contribution in [2.45, 2.75) is 62.1 Å². The zero-order valence-electron chi connectivity index (χ0n) is 22.0. The van der Waals surface area contributed by atoms with Crippen LogP contribution >= 0.6 is 11.6 Å². The van der Waals surface area contributed by atoms with E-state index in [0.29, 0.717) is 29.8 Å². The number of carbonyl (C=O) groups is 1. The van der Waals surface area contributed by atoms with Crippen molar-refractivity contribution in [3.05, 3.63) is 70.5 Å². The summed E-state index contributed by atoms with van der Waals surface area (Å²) in [5.74, 6) is -0.340. The number of hydrogen-bond donors (Lipinski definition) is 2. The van der Waals surface area contributed by atoms with Crippen molar-refractivity contribution in [1.29, 1.82) is 0 Å². The molecule has 1 heterocycles. The van der Waals surface area contributed by atoms with Gasteiger partial charge in [-0.05, 0) is 67.5 Å². The second-order valence-corrected chi connectivity index (χ2v) is 12.5. The minimum absolute atomic E-state index is 0.0477. The maximum Gasteiger partial charge on any atom is 0.422 e. The van der Waals surface area contributed by atoms with Crippen LogP contribution in [-0.4, -0.2) is 42.1 Å². The van der Waals surface area contributed by atoms with Gasteiger partial charge in [-0.15, -0.1) is 0 Å². The molecule has 2 N–H and O–H groups in total. The van der Waals surface area contributed by atoms with Crippen molar-refractivity contribution in [3.8, 4) is 6.01 Å². The zero-order chi connectivity index (χ0) is 29.5. The Kier molecular flexibility index (Phi) is 7.62. The summed E-state index contributed by atoms with van der Waals surface area (Å²) < 4.78 is 70.9. The van der Waals surface area contributed by atoms with Crippen LogP contribution in [0.3, 0.4) is 0 Å². The van der Waals surface area contributed by atoms with Gasteiger partial charge < -0.3 is 10.1 Å². The van der Waals surface area contributed by atoms with Crippen LogP contribution in [0, 0.1) is 5.41 Å². The van der Waals surface area contributed by atoms with Crippen LogP contribution in [0.15, 0.2) is 53.4 Å². The fourth-order valence-corrected chi connectivity index (χ4v) is 5.69. The van der Waals surface area contributed by atoms with Gasteiger partial charge in [0.05, 0.1) is 15.8 Å². The second-order valence-electron chi connectivity index (χ2n) is 10.4. The van der Waals surface area contributed by atoms with Crippen LogP contribution in [0.5, 0.6) is 6.01 Å². The molecule has 0 spiro atoms. The topological polar surface area (TPSA) is 123 Å². The van der Waals surface area contributed by atoms with Gasteiger partial charge in [0.1, 0.15) is 5.82 Å². The normalized spacial score (nSPS) is 17.0. The van der Waals surface area contributed by atoms with Crippen LogP contribution in [0.25, 0.3) is 0 Å². The molecule has 41 heavy (non-hydrogen) atoms. The Morgan fingerprint density at radius 2 is 1.66 bits per heavy atom. The van der Waals surface area contributed by atoms with Gasteiger partial charge in [-0.3, -0.25) is 4.79 Å². The number of nitrogens with zero attached hydrogens (tertiary/aromatic N) is 3. The van der Waals surface area contributed by atoms with E-state index in [0.717, 1.165) is 18.4 Å². The minimum Gasteiger partial charge on any atom is -0.454 e. The number of hydrogen-bond acceptors (Lipinski definition) is 8. The van der Waals surface area contributed by atoms with Gasteiger partial charge in [0.15, 0.2) is 6.61 Å². The highest BCUT2D eigenvalue weighted by atomic mass is 35.5. The van der Waals surface area contributed by atoms with Gasteiger partial charge in [0.2, 0.25) is 11.9 Å². The Hall–Kier alpha value is -3.45. The molecule has 0 bridgehead atoms. The molecule has 1 aromatic heterocycles. The number of sulfonamides is 1. The number of anilines is 1. The lowest BCUT2D eigenvalue weighted by atomic mass is 10.0. The first kappa shape index (κ1) is 29.1. The molecule has 2 aliphatic carbocycles. The zero-order valence-corrected chi connectivity index (χ0v) is 23.5. The van der Waals surface area contributed by atoms with E-state index in [2.05, 4.69) is 25.0 Å². The third-order valence-electron chi connectivity index (χ3n) is 7.36. The van der Waals surface area contributed by atoms with Crippen LogP contribution in [-0.2, 0) is 26.8 Å². The van der Waals surface area contributed by atoms with Gasteiger partial charge in [-0.25, -0.2) is 13.1 Å². The molecule has 0 radical (unpaired) electrons. The summed E-state index contributed by atoms with van der Waals surface area (Å²) in [5.41, 5.74) is 0.398. The summed E-state index contributed by atoms with van der Waals surface area (Å²) in [7, 11) is -4.07. The summed E-state index contributed by atoms with van der Waals surface area (Å²) in [6.07, 6.45) is -1.16. The molecular weight excluding hydrogens is 583 g/mol. The number of halogens is 4. The number of aromatic nitrogens is 3. The molecule has 0 aliphatic heterocycles. The molecule has 218 valence electrons. The summed E-state index contributed by atoms with van der Waals surface area (Å²) in [4.78, 5) is 24.8. The average molecular weight is 610 g/mol. The lowest BCUT2D eigenvalue weighted by molar-refractivity contribution is -0.154. The standard InChI is InChI=1S/C27H27ClF3N5O4S/c1-2-25(11-12-25)22(37)36-41(38,39)20-9-3-17(4-10-20)15-21-32-23(34-24(33-21)40-16-27(29,30)31)35-26(13-14-26)18-5-7-19(28)8-6-18/h3-10H,2,11-16H2,1H3,(H,36,37)(H,32,33,34,35). The number of carbonyl (C=O) groups excluding carboxylic acids is 1. The first-order valence-electron chi connectivity index (χ1n) is 13.0. The molecule has 3 aromatic rings. The third-order valence-corrected chi connectivity index (χ3v) is 8.96. The SMILES string of the molecule is CCC1(C(=O)NS(=O)(=O)c2ccc(Cc3nc(NC4(c5ccc(Cl)cc5)CC4)nc(OCC(F)(F)F)n3)cc2)CC1. The van der Waals surface area contributed by atoms with E-state index in [1.165, 1.54) is 24.3 Å². The molecule has 9 nitrogen and oxygen atoms in total. The average Bonchev–Trinajstić information content (AvgIpc) is 3.84. The Morgan fingerprint density at radius 3 is 2.22 bits per heavy atom. The predicted octanol–water partition coefficient (Wildman–Crippen LogP) is 5.15. The van der Waals surface area contributed by atoms with Gasteiger partial charge in [-0.1, -0.05) is 42.8 Å². The molecule has 0 saturated heterocycles. The fraction of sp³-hybridized carbons (Fsp3) is 0.407. The number of alkyl halides is 3. The van der Waals surface area contributed by atoms with Crippen molar-refractivity contribution in [1.82, 2.24) is 19.7 Å². The number of ether oxygens (including phenoxy) is 1. The van der Waals surface area contributed by atoms with E-state index < -0.39 is 45.7 Å². The van der Waals surface area contributed by atoms with Crippen molar-refractivity contribution in [2.24, 2.45) is 5.41 Å².